The maximum atomic E-state index is 5.77. The van der Waals surface area contributed by atoms with Gasteiger partial charge in [0.15, 0.2) is 5.82 Å². The molecule has 0 fully saturated rings. The largest absolute Gasteiger partial charge is 0.497 e. The average Bonchev–Trinajstić information content (AvgIpc) is 3.32. The highest BCUT2D eigenvalue weighted by atomic mass is 32.1. The molecular formula is C20H18N4O3S. The normalized spacial score (nSPS) is 11.2. The van der Waals surface area contributed by atoms with Gasteiger partial charge >= 0.3 is 0 Å². The van der Waals surface area contributed by atoms with E-state index in [0.717, 1.165) is 32.8 Å². The molecule has 0 radical (unpaired) electrons. The van der Waals surface area contributed by atoms with Gasteiger partial charge < -0.3 is 14.2 Å². The van der Waals surface area contributed by atoms with E-state index >= 15 is 0 Å². The van der Waals surface area contributed by atoms with E-state index in [0.29, 0.717) is 5.82 Å². The Hall–Kier alpha value is -3.39. The van der Waals surface area contributed by atoms with Crippen LogP contribution in [0.1, 0.15) is 16.4 Å². The third-order valence-electron chi connectivity index (χ3n) is 4.03. The van der Waals surface area contributed by atoms with Crippen molar-refractivity contribution in [2.45, 2.75) is 6.61 Å². The van der Waals surface area contributed by atoms with Gasteiger partial charge in [0.2, 0.25) is 4.96 Å². The molecule has 4 rings (SSSR count). The van der Waals surface area contributed by atoms with Crippen molar-refractivity contribution in [1.82, 2.24) is 19.8 Å². The molecule has 0 saturated carbocycles. The quantitative estimate of drug-likeness (QED) is 0.473. The van der Waals surface area contributed by atoms with Gasteiger partial charge in [0, 0.05) is 0 Å². The highest BCUT2D eigenvalue weighted by Gasteiger charge is 2.11. The Morgan fingerprint density at radius 1 is 0.857 bits per heavy atom. The van der Waals surface area contributed by atoms with Gasteiger partial charge in [-0.1, -0.05) is 29.5 Å². The SMILES string of the molecule is COc1ccc(/C=C\c2nn3c(COc4ccc(OC)cc4)nnc3s2)cc1. The summed E-state index contributed by atoms with van der Waals surface area (Å²) >= 11 is 1.47. The van der Waals surface area contributed by atoms with E-state index in [1.807, 2.05) is 60.7 Å². The minimum Gasteiger partial charge on any atom is -0.497 e. The summed E-state index contributed by atoms with van der Waals surface area (Å²) in [6, 6.07) is 15.2. The molecule has 4 aromatic rings. The lowest BCUT2D eigenvalue weighted by molar-refractivity contribution is 0.292. The number of benzene rings is 2. The first-order chi connectivity index (χ1) is 13.7. The van der Waals surface area contributed by atoms with Crippen molar-refractivity contribution >= 4 is 28.4 Å². The smallest absolute Gasteiger partial charge is 0.235 e. The van der Waals surface area contributed by atoms with Gasteiger partial charge in [-0.05, 0) is 48.0 Å². The molecule has 0 amide bonds. The maximum Gasteiger partial charge on any atom is 0.235 e. The summed E-state index contributed by atoms with van der Waals surface area (Å²) in [5.74, 6) is 2.99. The van der Waals surface area contributed by atoms with Crippen LogP contribution in [-0.4, -0.2) is 34.0 Å². The van der Waals surface area contributed by atoms with Crippen LogP contribution < -0.4 is 14.2 Å². The predicted octanol–water partition coefficient (Wildman–Crippen LogP) is 3.95. The van der Waals surface area contributed by atoms with Crippen LogP contribution in [0, 0.1) is 0 Å². The fourth-order valence-corrected chi connectivity index (χ4v) is 3.29. The molecule has 8 heteroatoms. The fraction of sp³-hybridized carbons (Fsp3) is 0.150. The monoisotopic (exact) mass is 394 g/mol. The molecule has 0 spiro atoms. The Morgan fingerprint density at radius 3 is 2.18 bits per heavy atom. The highest BCUT2D eigenvalue weighted by Crippen LogP contribution is 2.20. The Kier molecular flexibility index (Phi) is 5.20. The summed E-state index contributed by atoms with van der Waals surface area (Å²) in [5.41, 5.74) is 1.06. The van der Waals surface area contributed by atoms with E-state index in [2.05, 4.69) is 15.3 Å². The van der Waals surface area contributed by atoms with Gasteiger partial charge in [-0.2, -0.15) is 9.61 Å². The fourth-order valence-electron chi connectivity index (χ4n) is 2.53. The van der Waals surface area contributed by atoms with Crippen molar-refractivity contribution in [2.75, 3.05) is 14.2 Å². The lowest BCUT2D eigenvalue weighted by Crippen LogP contribution is -2.02. The van der Waals surface area contributed by atoms with Crippen molar-refractivity contribution in [3.8, 4) is 17.2 Å². The first-order valence-corrected chi connectivity index (χ1v) is 9.37. The van der Waals surface area contributed by atoms with Gasteiger partial charge in [-0.3, -0.25) is 0 Å². The van der Waals surface area contributed by atoms with Gasteiger partial charge in [-0.15, -0.1) is 10.2 Å². The zero-order valence-electron chi connectivity index (χ0n) is 15.4. The number of hydrogen-bond acceptors (Lipinski definition) is 7. The molecule has 2 heterocycles. The molecule has 0 saturated heterocycles. The molecule has 0 unspecified atom stereocenters. The molecule has 28 heavy (non-hydrogen) atoms. The molecule has 2 aromatic heterocycles. The van der Waals surface area contributed by atoms with Crippen molar-refractivity contribution in [3.63, 3.8) is 0 Å². The number of rotatable bonds is 7. The van der Waals surface area contributed by atoms with Crippen molar-refractivity contribution in [3.05, 3.63) is 64.9 Å². The number of hydrogen-bond donors (Lipinski definition) is 0. The predicted molar refractivity (Wildman–Crippen MR) is 108 cm³/mol. The minimum absolute atomic E-state index is 0.277. The summed E-state index contributed by atoms with van der Waals surface area (Å²) in [4.78, 5) is 0.725. The summed E-state index contributed by atoms with van der Waals surface area (Å²) in [7, 11) is 3.28. The van der Waals surface area contributed by atoms with Crippen LogP contribution in [0.25, 0.3) is 17.1 Å². The van der Waals surface area contributed by atoms with E-state index in [1.165, 1.54) is 11.3 Å². The van der Waals surface area contributed by atoms with Crippen LogP contribution in [0.4, 0.5) is 0 Å². The summed E-state index contributed by atoms with van der Waals surface area (Å²) in [6.07, 6.45) is 3.95. The average molecular weight is 394 g/mol. The molecule has 0 aliphatic rings. The van der Waals surface area contributed by atoms with Gasteiger partial charge in [0.25, 0.3) is 0 Å². The summed E-state index contributed by atoms with van der Waals surface area (Å²) in [5, 5.41) is 13.7. The zero-order chi connectivity index (χ0) is 19.3. The first-order valence-electron chi connectivity index (χ1n) is 8.55. The van der Waals surface area contributed by atoms with Crippen LogP contribution >= 0.6 is 11.3 Å². The second-order valence-electron chi connectivity index (χ2n) is 5.82. The number of fused-ring (bicyclic) bond motifs is 1. The van der Waals surface area contributed by atoms with Crippen molar-refractivity contribution < 1.29 is 14.2 Å². The molecule has 0 bridgehead atoms. The van der Waals surface area contributed by atoms with E-state index in [1.54, 1.807) is 18.7 Å². The first kappa shape index (κ1) is 18.0. The zero-order valence-corrected chi connectivity index (χ0v) is 16.2. The van der Waals surface area contributed by atoms with Crippen molar-refractivity contribution in [1.29, 1.82) is 0 Å². The molecule has 0 aliphatic carbocycles. The van der Waals surface area contributed by atoms with E-state index in [9.17, 15) is 0 Å². The third kappa shape index (κ3) is 3.96. The maximum absolute atomic E-state index is 5.77. The summed E-state index contributed by atoms with van der Waals surface area (Å²) < 4.78 is 17.8. The molecule has 2 aromatic carbocycles. The van der Waals surface area contributed by atoms with Crippen LogP contribution in [0.15, 0.2) is 48.5 Å². The topological polar surface area (TPSA) is 70.8 Å². The molecular weight excluding hydrogens is 376 g/mol. The second-order valence-corrected chi connectivity index (χ2v) is 6.81. The molecule has 142 valence electrons. The Bertz CT molecular complexity index is 1090. The Morgan fingerprint density at radius 2 is 1.50 bits per heavy atom. The van der Waals surface area contributed by atoms with Gasteiger partial charge in [0.05, 0.1) is 14.2 Å². The standard InChI is InChI=1S/C20H18N4O3S/c1-25-15-6-3-14(4-7-15)5-12-19-23-24-18(21-22-20(24)28-19)13-27-17-10-8-16(26-2)9-11-17/h3-12H,13H2,1-2H3/b12-5-. The Labute approximate surface area is 165 Å². The van der Waals surface area contributed by atoms with E-state index < -0.39 is 0 Å². The van der Waals surface area contributed by atoms with E-state index in [4.69, 9.17) is 14.2 Å². The highest BCUT2D eigenvalue weighted by molar-refractivity contribution is 7.17. The van der Waals surface area contributed by atoms with Crippen molar-refractivity contribution in [2.24, 2.45) is 0 Å². The van der Waals surface area contributed by atoms with Crippen LogP contribution in [0.5, 0.6) is 17.2 Å². The second kappa shape index (κ2) is 8.10. The van der Waals surface area contributed by atoms with Gasteiger partial charge in [-0.25, -0.2) is 0 Å². The van der Waals surface area contributed by atoms with Gasteiger partial charge in [0.1, 0.15) is 28.9 Å². The lowest BCUT2D eigenvalue weighted by Gasteiger charge is -2.05. The minimum atomic E-state index is 0.277. The van der Waals surface area contributed by atoms with Crippen LogP contribution in [0.3, 0.4) is 0 Å². The molecule has 7 nitrogen and oxygen atoms in total. The van der Waals surface area contributed by atoms with Crippen LogP contribution in [0.2, 0.25) is 0 Å². The summed E-state index contributed by atoms with van der Waals surface area (Å²) in [6.45, 7) is 0.277. The molecule has 0 atom stereocenters. The molecule has 0 N–H and O–H groups in total. The number of nitrogens with zero attached hydrogens (tertiary/aromatic N) is 4. The van der Waals surface area contributed by atoms with E-state index in [-0.39, 0.29) is 6.61 Å². The van der Waals surface area contributed by atoms with Crippen LogP contribution in [-0.2, 0) is 6.61 Å². The Balaban J connectivity index is 1.45. The molecule has 0 aliphatic heterocycles. The lowest BCUT2D eigenvalue weighted by atomic mass is 10.2. The number of ether oxygens (including phenoxy) is 3. The third-order valence-corrected chi connectivity index (χ3v) is 4.90. The number of methoxy groups -OCH3 is 2. The number of aromatic nitrogens is 4.